The second kappa shape index (κ2) is 7.18. The number of benzene rings is 1. The predicted octanol–water partition coefficient (Wildman–Crippen LogP) is 3.45. The van der Waals surface area contributed by atoms with Crippen molar-refractivity contribution in [3.8, 4) is 0 Å². The molecule has 0 radical (unpaired) electrons. The number of rotatable bonds is 6. The first-order valence-electron chi connectivity index (χ1n) is 7.29. The molecule has 0 bridgehead atoms. The van der Waals surface area contributed by atoms with E-state index >= 15 is 0 Å². The van der Waals surface area contributed by atoms with Crippen molar-refractivity contribution in [3.63, 3.8) is 0 Å². The third kappa shape index (κ3) is 4.02. The second-order valence-corrected chi connectivity index (χ2v) is 5.16. The number of hydrogen-bond donors (Lipinski definition) is 1. The quantitative estimate of drug-likeness (QED) is 0.885. The van der Waals surface area contributed by atoms with Gasteiger partial charge in [-0.25, -0.2) is 4.39 Å². The summed E-state index contributed by atoms with van der Waals surface area (Å²) in [5.74, 6) is -0.332. The van der Waals surface area contributed by atoms with E-state index in [1.165, 1.54) is 23.5 Å². The highest BCUT2D eigenvalue weighted by Crippen LogP contribution is 2.21. The first kappa shape index (κ1) is 15.4. The lowest BCUT2D eigenvalue weighted by Gasteiger charge is -2.26. The Hall–Kier alpha value is -1.94. The van der Waals surface area contributed by atoms with Crippen LogP contribution in [0.5, 0.6) is 0 Å². The van der Waals surface area contributed by atoms with E-state index in [1.54, 1.807) is 6.07 Å². The fourth-order valence-electron chi connectivity index (χ4n) is 2.42. The van der Waals surface area contributed by atoms with E-state index in [9.17, 15) is 4.39 Å². The molecule has 0 spiro atoms. The number of pyridine rings is 1. The average Bonchev–Trinajstić information content (AvgIpc) is 2.50. The van der Waals surface area contributed by atoms with Gasteiger partial charge in [0, 0.05) is 24.8 Å². The number of para-hydroxylation sites is 1. The summed E-state index contributed by atoms with van der Waals surface area (Å²) in [5, 5.41) is 0. The van der Waals surface area contributed by atoms with Gasteiger partial charge in [-0.05, 0) is 44.0 Å². The summed E-state index contributed by atoms with van der Waals surface area (Å²) in [5.41, 5.74) is 9.38. The van der Waals surface area contributed by atoms with Crippen LogP contribution >= 0.6 is 0 Å². The van der Waals surface area contributed by atoms with Crippen molar-refractivity contribution in [2.75, 3.05) is 18.0 Å². The van der Waals surface area contributed by atoms with Gasteiger partial charge in [-0.1, -0.05) is 18.2 Å². The minimum Gasteiger partial charge on any atom is -0.372 e. The standard InChI is InChI=1S/C17H22FN3/c1-3-21(17-7-5-4-6-13(17)2)11-10-15(19)16-9-8-14(18)12-20-16/h4-9,12,15H,3,10-11,19H2,1-2H3. The highest BCUT2D eigenvalue weighted by molar-refractivity contribution is 5.52. The lowest BCUT2D eigenvalue weighted by molar-refractivity contribution is 0.596. The number of nitrogens with zero attached hydrogens (tertiary/aromatic N) is 2. The van der Waals surface area contributed by atoms with Crippen molar-refractivity contribution in [2.24, 2.45) is 5.73 Å². The van der Waals surface area contributed by atoms with Gasteiger partial charge in [-0.3, -0.25) is 4.98 Å². The summed E-state index contributed by atoms with van der Waals surface area (Å²) < 4.78 is 12.9. The molecule has 0 amide bonds. The van der Waals surface area contributed by atoms with Gasteiger partial charge < -0.3 is 10.6 Å². The summed E-state index contributed by atoms with van der Waals surface area (Å²) in [6.45, 7) is 6.02. The summed E-state index contributed by atoms with van der Waals surface area (Å²) >= 11 is 0. The van der Waals surface area contributed by atoms with Crippen LogP contribution in [0.3, 0.4) is 0 Å². The zero-order chi connectivity index (χ0) is 15.2. The molecular weight excluding hydrogens is 265 g/mol. The monoisotopic (exact) mass is 287 g/mol. The first-order valence-corrected chi connectivity index (χ1v) is 7.29. The SMILES string of the molecule is CCN(CCC(N)c1ccc(F)cn1)c1ccccc1C. The number of anilines is 1. The first-order chi connectivity index (χ1) is 10.1. The fraction of sp³-hybridized carbons (Fsp3) is 0.353. The molecule has 0 saturated carbocycles. The average molecular weight is 287 g/mol. The van der Waals surface area contributed by atoms with Crippen LogP contribution in [0, 0.1) is 12.7 Å². The smallest absolute Gasteiger partial charge is 0.141 e. The number of halogens is 1. The van der Waals surface area contributed by atoms with Crippen LogP contribution in [0.2, 0.25) is 0 Å². The van der Waals surface area contributed by atoms with Gasteiger partial charge in [0.15, 0.2) is 0 Å². The largest absolute Gasteiger partial charge is 0.372 e. The highest BCUT2D eigenvalue weighted by atomic mass is 19.1. The molecule has 0 aliphatic carbocycles. The minimum atomic E-state index is -0.332. The molecule has 0 aliphatic rings. The summed E-state index contributed by atoms with van der Waals surface area (Å²) in [7, 11) is 0. The molecule has 21 heavy (non-hydrogen) atoms. The van der Waals surface area contributed by atoms with Crippen molar-refractivity contribution >= 4 is 5.69 Å². The maximum absolute atomic E-state index is 12.9. The molecule has 112 valence electrons. The van der Waals surface area contributed by atoms with Crippen LogP contribution in [0.25, 0.3) is 0 Å². The van der Waals surface area contributed by atoms with E-state index < -0.39 is 0 Å². The van der Waals surface area contributed by atoms with E-state index in [1.807, 2.05) is 12.1 Å². The Morgan fingerprint density at radius 1 is 1.24 bits per heavy atom. The molecule has 0 aliphatic heterocycles. The molecule has 0 saturated heterocycles. The summed E-state index contributed by atoms with van der Waals surface area (Å²) in [6.07, 6.45) is 1.99. The number of aromatic nitrogens is 1. The van der Waals surface area contributed by atoms with Gasteiger partial charge in [0.2, 0.25) is 0 Å². The Morgan fingerprint density at radius 2 is 2.00 bits per heavy atom. The molecule has 1 aromatic carbocycles. The van der Waals surface area contributed by atoms with Crippen LogP contribution in [0.4, 0.5) is 10.1 Å². The normalized spacial score (nSPS) is 12.2. The minimum absolute atomic E-state index is 0.177. The molecule has 1 atom stereocenters. The number of hydrogen-bond acceptors (Lipinski definition) is 3. The Labute approximate surface area is 125 Å². The van der Waals surface area contributed by atoms with Crippen LogP contribution in [0.15, 0.2) is 42.6 Å². The van der Waals surface area contributed by atoms with E-state index in [-0.39, 0.29) is 11.9 Å². The maximum Gasteiger partial charge on any atom is 0.141 e. The van der Waals surface area contributed by atoms with Crippen molar-refractivity contribution in [1.82, 2.24) is 4.98 Å². The van der Waals surface area contributed by atoms with E-state index in [4.69, 9.17) is 5.73 Å². The zero-order valence-corrected chi connectivity index (χ0v) is 12.6. The second-order valence-electron chi connectivity index (χ2n) is 5.16. The van der Waals surface area contributed by atoms with Gasteiger partial charge >= 0.3 is 0 Å². The highest BCUT2D eigenvalue weighted by Gasteiger charge is 2.12. The molecule has 1 aromatic heterocycles. The van der Waals surface area contributed by atoms with Crippen molar-refractivity contribution in [1.29, 1.82) is 0 Å². The zero-order valence-electron chi connectivity index (χ0n) is 12.6. The van der Waals surface area contributed by atoms with E-state index in [0.717, 1.165) is 25.2 Å². The van der Waals surface area contributed by atoms with Gasteiger partial charge in [0.1, 0.15) is 5.82 Å². The molecule has 1 heterocycles. The maximum atomic E-state index is 12.9. The van der Waals surface area contributed by atoms with Gasteiger partial charge in [0.05, 0.1) is 11.9 Å². The third-order valence-electron chi connectivity index (χ3n) is 3.68. The van der Waals surface area contributed by atoms with E-state index in [2.05, 4.69) is 35.9 Å². The molecular formula is C17H22FN3. The number of nitrogens with two attached hydrogens (primary N) is 1. The summed E-state index contributed by atoms with van der Waals surface area (Å²) in [4.78, 5) is 6.36. The third-order valence-corrected chi connectivity index (χ3v) is 3.68. The molecule has 2 aromatic rings. The van der Waals surface area contributed by atoms with Gasteiger partial charge in [-0.15, -0.1) is 0 Å². The Balaban J connectivity index is 2.00. The topological polar surface area (TPSA) is 42.1 Å². The predicted molar refractivity (Wildman–Crippen MR) is 84.8 cm³/mol. The van der Waals surface area contributed by atoms with Crippen LogP contribution < -0.4 is 10.6 Å². The van der Waals surface area contributed by atoms with Crippen LogP contribution in [-0.4, -0.2) is 18.1 Å². The fourth-order valence-corrected chi connectivity index (χ4v) is 2.42. The lowest BCUT2D eigenvalue weighted by atomic mass is 10.1. The molecule has 2 rings (SSSR count). The molecule has 0 fully saturated rings. The lowest BCUT2D eigenvalue weighted by Crippen LogP contribution is -2.28. The Kier molecular flexibility index (Phi) is 5.28. The summed E-state index contributed by atoms with van der Waals surface area (Å²) in [6, 6.07) is 11.2. The van der Waals surface area contributed by atoms with Crippen LogP contribution in [0.1, 0.15) is 30.6 Å². The van der Waals surface area contributed by atoms with Crippen LogP contribution in [-0.2, 0) is 0 Å². The van der Waals surface area contributed by atoms with Crippen molar-refractivity contribution in [2.45, 2.75) is 26.3 Å². The molecule has 4 heteroatoms. The van der Waals surface area contributed by atoms with E-state index in [0.29, 0.717) is 0 Å². The van der Waals surface area contributed by atoms with Gasteiger partial charge in [0.25, 0.3) is 0 Å². The van der Waals surface area contributed by atoms with Crippen molar-refractivity contribution in [3.05, 3.63) is 59.7 Å². The number of aryl methyl sites for hydroxylation is 1. The Morgan fingerprint density at radius 3 is 2.62 bits per heavy atom. The molecule has 3 nitrogen and oxygen atoms in total. The van der Waals surface area contributed by atoms with Gasteiger partial charge in [-0.2, -0.15) is 0 Å². The molecule has 2 N–H and O–H groups in total. The van der Waals surface area contributed by atoms with Crippen molar-refractivity contribution < 1.29 is 4.39 Å². The Bertz CT molecular complexity index is 569. The molecule has 1 unspecified atom stereocenters.